The molecule has 0 saturated carbocycles. The van der Waals surface area contributed by atoms with Crippen LogP contribution in [0.2, 0.25) is 0 Å². The molecule has 1 aromatic carbocycles. The van der Waals surface area contributed by atoms with E-state index in [4.69, 9.17) is 5.73 Å². The average molecular weight is 285 g/mol. The van der Waals surface area contributed by atoms with E-state index in [0.29, 0.717) is 6.54 Å². The van der Waals surface area contributed by atoms with Gasteiger partial charge in [0.1, 0.15) is 0 Å². The Kier molecular flexibility index (Phi) is 5.88. The molecule has 1 rings (SSSR count). The van der Waals surface area contributed by atoms with E-state index in [2.05, 4.69) is 10.2 Å². The second-order valence-electron chi connectivity index (χ2n) is 4.71. The topological polar surface area (TPSA) is 58.4 Å². The number of benzene rings is 1. The van der Waals surface area contributed by atoms with Crippen LogP contribution in [0.3, 0.4) is 0 Å². The Morgan fingerprint density at radius 1 is 1.30 bits per heavy atom. The molecular formula is C14H21F2N3O. The van der Waals surface area contributed by atoms with E-state index in [1.54, 1.807) is 0 Å². The molecule has 112 valence electrons. The molecular weight excluding hydrogens is 264 g/mol. The number of amides is 1. The summed E-state index contributed by atoms with van der Waals surface area (Å²) in [5.74, 6) is -2.64. The number of hydrogen-bond donors (Lipinski definition) is 2. The lowest BCUT2D eigenvalue weighted by atomic mass is 10.1. The van der Waals surface area contributed by atoms with Crippen LogP contribution in [0.15, 0.2) is 12.1 Å². The SMILES string of the molecule is CCN(CC)CC(C)NC(=O)c1cc(F)c(F)cc1N. The first-order valence-corrected chi connectivity index (χ1v) is 6.66. The number of rotatable bonds is 6. The van der Waals surface area contributed by atoms with Crippen molar-refractivity contribution in [3.05, 3.63) is 29.3 Å². The van der Waals surface area contributed by atoms with Gasteiger partial charge in [0, 0.05) is 24.3 Å². The third-order valence-corrected chi connectivity index (χ3v) is 3.14. The van der Waals surface area contributed by atoms with E-state index in [-0.39, 0.29) is 17.3 Å². The van der Waals surface area contributed by atoms with Crippen LogP contribution in [0, 0.1) is 11.6 Å². The molecule has 4 nitrogen and oxygen atoms in total. The van der Waals surface area contributed by atoms with Gasteiger partial charge in [0.05, 0.1) is 5.56 Å². The number of likely N-dealkylation sites (N-methyl/N-ethyl adjacent to an activating group) is 1. The average Bonchev–Trinajstić information content (AvgIpc) is 2.39. The van der Waals surface area contributed by atoms with Crippen LogP contribution in [0.25, 0.3) is 0 Å². The fourth-order valence-electron chi connectivity index (χ4n) is 1.98. The van der Waals surface area contributed by atoms with Crippen LogP contribution >= 0.6 is 0 Å². The molecule has 0 heterocycles. The predicted octanol–water partition coefficient (Wildman–Crippen LogP) is 2.01. The van der Waals surface area contributed by atoms with Crippen molar-refractivity contribution >= 4 is 11.6 Å². The number of halogens is 2. The van der Waals surface area contributed by atoms with E-state index in [1.807, 2.05) is 20.8 Å². The van der Waals surface area contributed by atoms with Crippen LogP contribution in [0.4, 0.5) is 14.5 Å². The van der Waals surface area contributed by atoms with E-state index >= 15 is 0 Å². The number of hydrogen-bond acceptors (Lipinski definition) is 3. The van der Waals surface area contributed by atoms with Gasteiger partial charge < -0.3 is 16.0 Å². The highest BCUT2D eigenvalue weighted by atomic mass is 19.2. The van der Waals surface area contributed by atoms with Gasteiger partial charge in [-0.05, 0) is 26.1 Å². The summed E-state index contributed by atoms with van der Waals surface area (Å²) in [6.45, 7) is 8.36. The Morgan fingerprint density at radius 2 is 1.85 bits per heavy atom. The van der Waals surface area contributed by atoms with Gasteiger partial charge in [0.25, 0.3) is 5.91 Å². The predicted molar refractivity (Wildman–Crippen MR) is 75.5 cm³/mol. The highest BCUT2D eigenvalue weighted by Gasteiger charge is 2.17. The monoisotopic (exact) mass is 285 g/mol. The molecule has 0 aliphatic rings. The summed E-state index contributed by atoms with van der Waals surface area (Å²) >= 11 is 0. The molecule has 0 saturated heterocycles. The van der Waals surface area contributed by atoms with E-state index in [1.165, 1.54) is 0 Å². The summed E-state index contributed by atoms with van der Waals surface area (Å²) in [4.78, 5) is 14.2. The van der Waals surface area contributed by atoms with Crippen LogP contribution in [0.5, 0.6) is 0 Å². The molecule has 3 N–H and O–H groups in total. The van der Waals surface area contributed by atoms with Crippen molar-refractivity contribution in [1.29, 1.82) is 0 Å². The molecule has 1 unspecified atom stereocenters. The molecule has 6 heteroatoms. The van der Waals surface area contributed by atoms with Gasteiger partial charge in [-0.2, -0.15) is 0 Å². The summed E-state index contributed by atoms with van der Waals surface area (Å²) in [7, 11) is 0. The van der Waals surface area contributed by atoms with Gasteiger partial charge in [0.15, 0.2) is 11.6 Å². The van der Waals surface area contributed by atoms with Crippen molar-refractivity contribution in [2.75, 3.05) is 25.4 Å². The lowest BCUT2D eigenvalue weighted by Crippen LogP contribution is -2.42. The largest absolute Gasteiger partial charge is 0.398 e. The first kappa shape index (κ1) is 16.4. The molecule has 1 amide bonds. The molecule has 0 fully saturated rings. The highest BCUT2D eigenvalue weighted by Crippen LogP contribution is 2.17. The minimum Gasteiger partial charge on any atom is -0.398 e. The molecule has 0 bridgehead atoms. The van der Waals surface area contributed by atoms with Crippen molar-refractivity contribution < 1.29 is 13.6 Å². The van der Waals surface area contributed by atoms with Gasteiger partial charge in [-0.25, -0.2) is 8.78 Å². The zero-order valence-corrected chi connectivity index (χ0v) is 12.0. The first-order valence-electron chi connectivity index (χ1n) is 6.66. The zero-order valence-electron chi connectivity index (χ0n) is 12.0. The fourth-order valence-corrected chi connectivity index (χ4v) is 1.98. The van der Waals surface area contributed by atoms with Gasteiger partial charge in [-0.3, -0.25) is 4.79 Å². The van der Waals surface area contributed by atoms with Crippen molar-refractivity contribution in [2.45, 2.75) is 26.8 Å². The van der Waals surface area contributed by atoms with E-state index in [0.717, 1.165) is 25.2 Å². The Morgan fingerprint density at radius 3 is 2.40 bits per heavy atom. The number of carbonyl (C=O) groups excluding carboxylic acids is 1. The summed E-state index contributed by atoms with van der Waals surface area (Å²) < 4.78 is 26.1. The third-order valence-electron chi connectivity index (χ3n) is 3.14. The quantitative estimate of drug-likeness (QED) is 0.786. The minimum absolute atomic E-state index is 0.0460. The molecule has 0 aliphatic carbocycles. The first-order chi connectivity index (χ1) is 9.38. The molecule has 0 spiro atoms. The number of nitrogens with zero attached hydrogens (tertiary/aromatic N) is 1. The lowest BCUT2D eigenvalue weighted by molar-refractivity contribution is 0.0930. The number of carbonyl (C=O) groups is 1. The number of anilines is 1. The second kappa shape index (κ2) is 7.19. The summed E-state index contributed by atoms with van der Waals surface area (Å²) in [5, 5.41) is 2.73. The summed E-state index contributed by atoms with van der Waals surface area (Å²) in [6.07, 6.45) is 0. The van der Waals surface area contributed by atoms with E-state index < -0.39 is 17.5 Å². The summed E-state index contributed by atoms with van der Waals surface area (Å²) in [6, 6.07) is 1.53. The summed E-state index contributed by atoms with van der Waals surface area (Å²) in [5.41, 5.74) is 5.42. The maximum Gasteiger partial charge on any atom is 0.253 e. The van der Waals surface area contributed by atoms with Crippen LogP contribution < -0.4 is 11.1 Å². The third kappa shape index (κ3) is 4.16. The van der Waals surface area contributed by atoms with Gasteiger partial charge in [-0.15, -0.1) is 0 Å². The second-order valence-corrected chi connectivity index (χ2v) is 4.71. The Labute approximate surface area is 117 Å². The maximum atomic E-state index is 13.2. The molecule has 20 heavy (non-hydrogen) atoms. The van der Waals surface area contributed by atoms with E-state index in [9.17, 15) is 13.6 Å². The lowest BCUT2D eigenvalue weighted by Gasteiger charge is -2.23. The minimum atomic E-state index is -1.08. The van der Waals surface area contributed by atoms with Crippen LogP contribution in [-0.2, 0) is 0 Å². The smallest absolute Gasteiger partial charge is 0.253 e. The number of nitrogens with one attached hydrogen (secondary N) is 1. The Bertz CT molecular complexity index is 476. The van der Waals surface area contributed by atoms with Crippen molar-refractivity contribution in [1.82, 2.24) is 10.2 Å². The maximum absolute atomic E-state index is 13.2. The van der Waals surface area contributed by atoms with Crippen LogP contribution in [-0.4, -0.2) is 36.5 Å². The standard InChI is InChI=1S/C14H21F2N3O/c1-4-19(5-2)8-9(3)18-14(20)10-6-11(15)12(16)7-13(10)17/h6-7,9H,4-5,8,17H2,1-3H3,(H,18,20). The zero-order chi connectivity index (χ0) is 15.3. The molecule has 0 radical (unpaired) electrons. The van der Waals surface area contributed by atoms with Gasteiger partial charge >= 0.3 is 0 Å². The number of nitrogen functional groups attached to an aromatic ring is 1. The highest BCUT2D eigenvalue weighted by molar-refractivity contribution is 5.99. The fraction of sp³-hybridized carbons (Fsp3) is 0.500. The molecule has 1 atom stereocenters. The van der Waals surface area contributed by atoms with Crippen molar-refractivity contribution in [3.63, 3.8) is 0 Å². The van der Waals surface area contributed by atoms with Crippen molar-refractivity contribution in [2.24, 2.45) is 0 Å². The molecule has 0 aliphatic heterocycles. The Hall–Kier alpha value is -1.69. The van der Waals surface area contributed by atoms with Gasteiger partial charge in [0.2, 0.25) is 0 Å². The Balaban J connectivity index is 2.74. The number of nitrogens with two attached hydrogens (primary N) is 1. The van der Waals surface area contributed by atoms with Crippen LogP contribution in [0.1, 0.15) is 31.1 Å². The molecule has 1 aromatic rings. The van der Waals surface area contributed by atoms with Crippen molar-refractivity contribution in [3.8, 4) is 0 Å². The molecule has 0 aromatic heterocycles. The van der Waals surface area contributed by atoms with Gasteiger partial charge in [-0.1, -0.05) is 13.8 Å². The normalized spacial score (nSPS) is 12.5.